The molecule has 0 amide bonds. The molecule has 8 heteroatoms. The van der Waals surface area contributed by atoms with Crippen molar-refractivity contribution in [2.45, 2.75) is 6.36 Å². The zero-order chi connectivity index (χ0) is 13.6. The molecule has 0 heterocycles. The molecule has 0 aliphatic heterocycles. The highest BCUT2D eigenvalue weighted by molar-refractivity contribution is 5.48. The number of nitrogens with zero attached hydrogens (tertiary/aromatic N) is 1. The third-order valence-electron chi connectivity index (χ3n) is 1.80. The smallest absolute Gasteiger partial charge is 0.406 e. The lowest BCUT2D eigenvalue weighted by Crippen LogP contribution is -2.16. The summed E-state index contributed by atoms with van der Waals surface area (Å²) in [5.74, 6) is -0.329. The summed E-state index contributed by atoms with van der Waals surface area (Å²) in [6.07, 6.45) is -3.45. The lowest BCUT2D eigenvalue weighted by Gasteiger charge is -2.09. The molecule has 0 aliphatic rings. The lowest BCUT2D eigenvalue weighted by molar-refractivity contribution is -0.274. The summed E-state index contributed by atoms with van der Waals surface area (Å²) in [4.78, 5) is 0. The van der Waals surface area contributed by atoms with Gasteiger partial charge in [0, 0.05) is 11.9 Å². The Morgan fingerprint density at radius 1 is 1.39 bits per heavy atom. The Balaban J connectivity index is 2.66. The number of aliphatic hydroxyl groups excluding tert-OH is 1. The number of alkyl halides is 3. The van der Waals surface area contributed by atoms with Crippen molar-refractivity contribution in [2.75, 3.05) is 11.9 Å². The van der Waals surface area contributed by atoms with Crippen LogP contribution < -0.4 is 10.1 Å². The molecule has 18 heavy (non-hydrogen) atoms. The molecule has 3 N–H and O–H groups in total. The number of halogens is 3. The molecule has 0 bridgehead atoms. The molecule has 98 valence electrons. The Kier molecular flexibility index (Phi) is 4.67. The fourth-order valence-corrected chi connectivity index (χ4v) is 1.03. The minimum atomic E-state index is -4.72. The molecule has 0 atom stereocenters. The van der Waals surface area contributed by atoms with Crippen molar-refractivity contribution in [1.29, 1.82) is 5.53 Å². The van der Waals surface area contributed by atoms with E-state index >= 15 is 0 Å². The highest BCUT2D eigenvalue weighted by Gasteiger charge is 2.30. The van der Waals surface area contributed by atoms with Gasteiger partial charge in [-0.15, -0.1) is 13.2 Å². The van der Waals surface area contributed by atoms with Gasteiger partial charge in [0.25, 0.3) is 0 Å². The van der Waals surface area contributed by atoms with Crippen LogP contribution in [0.1, 0.15) is 0 Å². The van der Waals surface area contributed by atoms with E-state index in [-0.39, 0.29) is 11.4 Å². The first-order chi connectivity index (χ1) is 8.44. The molecule has 0 spiro atoms. The second-order valence-electron chi connectivity index (χ2n) is 3.12. The van der Waals surface area contributed by atoms with E-state index in [1.54, 1.807) is 0 Å². The molecule has 0 aromatic heterocycles. The van der Waals surface area contributed by atoms with Crippen LogP contribution in [0.15, 0.2) is 41.3 Å². The predicted molar refractivity (Wildman–Crippen MR) is 57.1 cm³/mol. The van der Waals surface area contributed by atoms with E-state index in [1.165, 1.54) is 18.3 Å². The molecule has 0 aliphatic carbocycles. The van der Waals surface area contributed by atoms with Gasteiger partial charge in [-0.25, -0.2) is 5.53 Å². The van der Waals surface area contributed by atoms with Gasteiger partial charge in [0.15, 0.2) is 0 Å². The van der Waals surface area contributed by atoms with Crippen LogP contribution in [0.25, 0.3) is 0 Å². The number of nitrogens with one attached hydrogen (secondary N) is 2. The van der Waals surface area contributed by atoms with Crippen molar-refractivity contribution >= 4 is 5.69 Å². The maximum atomic E-state index is 11.9. The topological polar surface area (TPSA) is 77.7 Å². The fraction of sp³-hybridized carbons (Fsp3) is 0.200. The minimum absolute atomic E-state index is 0.0885. The fourth-order valence-electron chi connectivity index (χ4n) is 1.03. The Morgan fingerprint density at radius 2 is 2.00 bits per heavy atom. The van der Waals surface area contributed by atoms with E-state index in [0.29, 0.717) is 5.69 Å². The first-order valence-electron chi connectivity index (χ1n) is 4.74. The van der Waals surface area contributed by atoms with E-state index in [1.807, 2.05) is 0 Å². The molecule has 0 saturated heterocycles. The summed E-state index contributed by atoms with van der Waals surface area (Å²) in [6, 6.07) is 4.99. The molecule has 0 saturated carbocycles. The van der Waals surface area contributed by atoms with E-state index in [4.69, 9.17) is 10.6 Å². The highest BCUT2D eigenvalue weighted by atomic mass is 19.4. The summed E-state index contributed by atoms with van der Waals surface area (Å²) >= 11 is 0. The van der Waals surface area contributed by atoms with Crippen LogP contribution in [0.3, 0.4) is 0 Å². The summed E-state index contributed by atoms with van der Waals surface area (Å²) in [5, 5.41) is 14.4. The van der Waals surface area contributed by atoms with Gasteiger partial charge in [0.1, 0.15) is 11.4 Å². The van der Waals surface area contributed by atoms with Gasteiger partial charge >= 0.3 is 6.36 Å². The summed E-state index contributed by atoms with van der Waals surface area (Å²) in [7, 11) is 0. The quantitative estimate of drug-likeness (QED) is 0.713. The van der Waals surface area contributed by atoms with Crippen LogP contribution in [0.2, 0.25) is 0 Å². The van der Waals surface area contributed by atoms with Crippen molar-refractivity contribution in [3.8, 4) is 5.75 Å². The maximum Gasteiger partial charge on any atom is 0.573 e. The normalized spacial score (nSPS) is 12.1. The van der Waals surface area contributed by atoms with Gasteiger partial charge in [-0.05, 0) is 24.3 Å². The van der Waals surface area contributed by atoms with Crippen molar-refractivity contribution < 1.29 is 23.0 Å². The summed E-state index contributed by atoms with van der Waals surface area (Å²) < 4.78 is 39.3. The van der Waals surface area contributed by atoms with Gasteiger partial charge in [-0.1, -0.05) is 0 Å². The van der Waals surface area contributed by atoms with Crippen LogP contribution in [-0.2, 0) is 0 Å². The van der Waals surface area contributed by atoms with Gasteiger partial charge in [-0.3, -0.25) is 0 Å². The zero-order valence-electron chi connectivity index (χ0n) is 9.03. The Morgan fingerprint density at radius 3 is 2.44 bits per heavy atom. The van der Waals surface area contributed by atoms with Gasteiger partial charge in [-0.2, -0.15) is 5.11 Å². The number of benzene rings is 1. The third-order valence-corrected chi connectivity index (χ3v) is 1.80. The summed E-state index contributed by atoms with van der Waals surface area (Å²) in [5.41, 5.74) is 7.23. The second kappa shape index (κ2) is 6.01. The average Bonchev–Trinajstić information content (AvgIpc) is 2.30. The zero-order valence-corrected chi connectivity index (χ0v) is 9.03. The van der Waals surface area contributed by atoms with Crippen molar-refractivity contribution in [3.05, 3.63) is 36.2 Å². The van der Waals surface area contributed by atoms with Crippen LogP contribution in [-0.4, -0.2) is 18.1 Å². The molecule has 5 nitrogen and oxygen atoms in total. The molecule has 1 rings (SSSR count). The monoisotopic (exact) mass is 261 g/mol. The number of anilines is 1. The molecule has 0 unspecified atom stereocenters. The first-order valence-corrected chi connectivity index (χ1v) is 4.74. The minimum Gasteiger partial charge on any atom is -0.406 e. The largest absolute Gasteiger partial charge is 0.573 e. The highest BCUT2D eigenvalue weighted by Crippen LogP contribution is 2.23. The van der Waals surface area contributed by atoms with Crippen molar-refractivity contribution in [3.63, 3.8) is 0 Å². The Bertz CT molecular complexity index is 429. The van der Waals surface area contributed by atoms with Crippen LogP contribution in [0.5, 0.6) is 5.75 Å². The number of ether oxygens (including phenoxy) is 1. The van der Waals surface area contributed by atoms with Gasteiger partial charge in [0.2, 0.25) is 0 Å². The third kappa shape index (κ3) is 4.83. The molecular weight excluding hydrogens is 251 g/mol. The number of hydrogen-bond acceptors (Lipinski definition) is 5. The van der Waals surface area contributed by atoms with Gasteiger partial charge in [0.05, 0.1) is 6.61 Å². The van der Waals surface area contributed by atoms with Crippen LogP contribution >= 0.6 is 0 Å². The maximum absolute atomic E-state index is 11.9. The van der Waals surface area contributed by atoms with Crippen molar-refractivity contribution in [2.24, 2.45) is 5.11 Å². The van der Waals surface area contributed by atoms with Crippen molar-refractivity contribution in [1.82, 2.24) is 0 Å². The predicted octanol–water partition coefficient (Wildman–Crippen LogP) is 2.86. The number of rotatable bonds is 5. The number of aliphatic hydroxyl groups is 1. The molecule has 0 radical (unpaired) electrons. The van der Waals surface area contributed by atoms with Crippen LogP contribution in [0, 0.1) is 5.53 Å². The SMILES string of the molecule is N=N/C(=C\Nc1ccc(OC(F)(F)F)cc1)CO. The van der Waals surface area contributed by atoms with E-state index in [0.717, 1.165) is 12.1 Å². The molecule has 1 aromatic rings. The lowest BCUT2D eigenvalue weighted by atomic mass is 10.3. The number of hydrogen-bond donors (Lipinski definition) is 3. The van der Waals surface area contributed by atoms with E-state index in [9.17, 15) is 13.2 Å². The Labute approximate surface area is 100 Å². The van der Waals surface area contributed by atoms with E-state index < -0.39 is 13.0 Å². The Hall–Kier alpha value is -2.09. The molecule has 1 aromatic carbocycles. The first kappa shape index (κ1) is 14.0. The molecule has 0 fully saturated rings. The van der Waals surface area contributed by atoms with E-state index in [2.05, 4.69) is 15.2 Å². The average molecular weight is 261 g/mol. The molecular formula is C10H10F3N3O2. The van der Waals surface area contributed by atoms with Gasteiger partial charge < -0.3 is 15.2 Å². The second-order valence-corrected chi connectivity index (χ2v) is 3.12. The summed E-state index contributed by atoms with van der Waals surface area (Å²) in [6.45, 7) is -0.411. The van der Waals surface area contributed by atoms with Crippen LogP contribution in [0.4, 0.5) is 18.9 Å². The standard InChI is InChI=1S/C10H10F3N3O2/c11-10(12,13)18-9-3-1-7(2-4-9)15-5-8(6-17)16-14/h1-5,14-15,17H,6H2/b8-5-,16-14?.